The number of nitrogens with one attached hydrogen (secondary N) is 1. The summed E-state index contributed by atoms with van der Waals surface area (Å²) in [5.74, 6) is -0.0927. The van der Waals surface area contributed by atoms with Gasteiger partial charge in [0.25, 0.3) is 0 Å². The third-order valence-corrected chi connectivity index (χ3v) is 6.78. The van der Waals surface area contributed by atoms with Crippen LogP contribution in [0.3, 0.4) is 0 Å². The second-order valence-electron chi connectivity index (χ2n) is 8.77. The second-order valence-corrected chi connectivity index (χ2v) is 9.68. The van der Waals surface area contributed by atoms with Crippen LogP contribution in [-0.4, -0.2) is 28.8 Å². The molecule has 4 nitrogen and oxygen atoms in total. The van der Waals surface area contributed by atoms with Crippen molar-refractivity contribution >= 4 is 27.7 Å². The molecule has 1 fully saturated rings. The van der Waals surface area contributed by atoms with Crippen LogP contribution in [0.2, 0.25) is 0 Å². The van der Waals surface area contributed by atoms with E-state index < -0.39 is 6.04 Å². The van der Waals surface area contributed by atoms with Gasteiger partial charge >= 0.3 is 0 Å². The van der Waals surface area contributed by atoms with Crippen molar-refractivity contribution in [3.8, 4) is 0 Å². The molecule has 0 aliphatic heterocycles. The first-order chi connectivity index (χ1) is 14.8. The summed E-state index contributed by atoms with van der Waals surface area (Å²) < 4.78 is 0.964. The zero-order chi connectivity index (χ0) is 22.4. The van der Waals surface area contributed by atoms with Crippen molar-refractivity contribution in [1.29, 1.82) is 0 Å². The minimum Gasteiger partial charge on any atom is -0.352 e. The minimum atomic E-state index is -0.528. The van der Waals surface area contributed by atoms with Crippen molar-refractivity contribution in [1.82, 2.24) is 10.2 Å². The summed E-state index contributed by atoms with van der Waals surface area (Å²) in [6, 6.07) is 13.7. The van der Waals surface area contributed by atoms with Crippen LogP contribution in [0.25, 0.3) is 0 Å². The largest absolute Gasteiger partial charge is 0.352 e. The summed E-state index contributed by atoms with van der Waals surface area (Å²) in [5, 5.41) is 3.19. The molecule has 0 unspecified atom stereocenters. The first kappa shape index (κ1) is 23.5. The molecule has 166 valence electrons. The van der Waals surface area contributed by atoms with E-state index in [0.717, 1.165) is 41.3 Å². The highest BCUT2D eigenvalue weighted by atomic mass is 79.9. The van der Waals surface area contributed by atoms with E-state index in [1.165, 1.54) is 17.5 Å². The van der Waals surface area contributed by atoms with E-state index in [-0.39, 0.29) is 24.3 Å². The van der Waals surface area contributed by atoms with Crippen LogP contribution in [0, 0.1) is 13.8 Å². The number of hydrogen-bond donors (Lipinski definition) is 1. The van der Waals surface area contributed by atoms with Gasteiger partial charge in [0.05, 0.1) is 6.42 Å². The zero-order valence-corrected chi connectivity index (χ0v) is 20.4. The number of amides is 2. The molecule has 5 heteroatoms. The topological polar surface area (TPSA) is 49.4 Å². The molecule has 0 spiro atoms. The van der Waals surface area contributed by atoms with E-state index in [1.807, 2.05) is 37.3 Å². The van der Waals surface area contributed by atoms with Crippen LogP contribution in [0.15, 0.2) is 46.9 Å². The number of carbonyl (C=O) groups is 2. The number of nitrogens with zero attached hydrogens (tertiary/aromatic N) is 1. The monoisotopic (exact) mass is 484 g/mol. The standard InChI is InChI=1S/C26H33BrN2O2/c1-18-12-13-21(14-19(18)2)16-25(30)29(17-22-8-7-9-23(27)15-22)20(3)26(31)28-24-10-5-4-6-11-24/h7-9,12-15,20,24H,4-6,10-11,16-17H2,1-3H3,(H,28,31)/t20-/m0/s1. The van der Waals surface area contributed by atoms with Gasteiger partial charge < -0.3 is 10.2 Å². The van der Waals surface area contributed by atoms with Gasteiger partial charge in [-0.1, -0.05) is 65.5 Å². The Bertz CT molecular complexity index is 921. The Labute approximate surface area is 194 Å². The normalized spacial score (nSPS) is 15.4. The lowest BCUT2D eigenvalue weighted by atomic mass is 9.95. The summed E-state index contributed by atoms with van der Waals surface area (Å²) >= 11 is 3.51. The molecule has 31 heavy (non-hydrogen) atoms. The summed E-state index contributed by atoms with van der Waals surface area (Å²) in [7, 11) is 0. The van der Waals surface area contributed by atoms with E-state index >= 15 is 0 Å². The summed E-state index contributed by atoms with van der Waals surface area (Å²) in [6.07, 6.45) is 5.91. The van der Waals surface area contributed by atoms with E-state index in [0.29, 0.717) is 6.54 Å². The molecule has 0 saturated heterocycles. The third-order valence-electron chi connectivity index (χ3n) is 6.29. The minimum absolute atomic E-state index is 0.0328. The highest BCUT2D eigenvalue weighted by Crippen LogP contribution is 2.20. The molecule has 1 aliphatic rings. The smallest absolute Gasteiger partial charge is 0.242 e. The molecule has 3 rings (SSSR count). The Balaban J connectivity index is 1.77. The molecular weight excluding hydrogens is 452 g/mol. The number of halogens is 1. The Morgan fingerprint density at radius 3 is 2.45 bits per heavy atom. The van der Waals surface area contributed by atoms with Crippen LogP contribution in [0.1, 0.15) is 61.3 Å². The maximum Gasteiger partial charge on any atom is 0.242 e. The van der Waals surface area contributed by atoms with Gasteiger partial charge in [-0.15, -0.1) is 0 Å². The first-order valence-electron chi connectivity index (χ1n) is 11.2. The average Bonchev–Trinajstić information content (AvgIpc) is 2.75. The van der Waals surface area contributed by atoms with Crippen LogP contribution in [0.5, 0.6) is 0 Å². The van der Waals surface area contributed by atoms with Gasteiger partial charge in [-0.2, -0.15) is 0 Å². The number of aryl methyl sites for hydroxylation is 2. The van der Waals surface area contributed by atoms with Gasteiger partial charge in [-0.25, -0.2) is 0 Å². The summed E-state index contributed by atoms with van der Waals surface area (Å²) in [5.41, 5.74) is 4.36. The van der Waals surface area contributed by atoms with E-state index in [4.69, 9.17) is 0 Å². The fourth-order valence-electron chi connectivity index (χ4n) is 4.17. The number of carbonyl (C=O) groups excluding carboxylic acids is 2. The maximum atomic E-state index is 13.4. The summed E-state index contributed by atoms with van der Waals surface area (Å²) in [4.78, 5) is 28.1. The molecule has 0 bridgehead atoms. The van der Waals surface area contributed by atoms with Crippen molar-refractivity contribution in [3.63, 3.8) is 0 Å². The molecule has 1 aliphatic carbocycles. The average molecular weight is 485 g/mol. The molecule has 0 radical (unpaired) electrons. The van der Waals surface area contributed by atoms with Crippen molar-refractivity contribution in [3.05, 3.63) is 69.2 Å². The Morgan fingerprint density at radius 1 is 1.03 bits per heavy atom. The molecular formula is C26H33BrN2O2. The van der Waals surface area contributed by atoms with Gasteiger partial charge in [-0.05, 0) is 68.0 Å². The molecule has 2 aromatic rings. The SMILES string of the molecule is Cc1ccc(CC(=O)N(Cc2cccc(Br)c2)[C@@H](C)C(=O)NC2CCCCC2)cc1C. The second kappa shape index (κ2) is 10.9. The Kier molecular flexibility index (Phi) is 8.30. The highest BCUT2D eigenvalue weighted by Gasteiger charge is 2.28. The van der Waals surface area contributed by atoms with Crippen LogP contribution in [-0.2, 0) is 22.6 Å². The third kappa shape index (κ3) is 6.67. The number of benzene rings is 2. The van der Waals surface area contributed by atoms with Gasteiger partial charge in [0, 0.05) is 17.1 Å². The Morgan fingerprint density at radius 2 is 1.77 bits per heavy atom. The lowest BCUT2D eigenvalue weighted by molar-refractivity contribution is -0.140. The van der Waals surface area contributed by atoms with Crippen LogP contribution in [0.4, 0.5) is 0 Å². The molecule has 2 amide bonds. The molecule has 2 aromatic carbocycles. The molecule has 1 N–H and O–H groups in total. The number of hydrogen-bond acceptors (Lipinski definition) is 2. The predicted molar refractivity (Wildman–Crippen MR) is 129 cm³/mol. The first-order valence-corrected chi connectivity index (χ1v) is 12.0. The van der Waals surface area contributed by atoms with Gasteiger partial charge in [-0.3, -0.25) is 9.59 Å². The van der Waals surface area contributed by atoms with Crippen molar-refractivity contribution in [2.75, 3.05) is 0 Å². The molecule has 0 aromatic heterocycles. The van der Waals surface area contributed by atoms with Gasteiger partial charge in [0.15, 0.2) is 0 Å². The molecule has 1 atom stereocenters. The molecule has 1 saturated carbocycles. The molecule has 0 heterocycles. The predicted octanol–water partition coefficient (Wildman–Crippen LogP) is 5.47. The van der Waals surface area contributed by atoms with E-state index in [1.54, 1.807) is 4.90 Å². The van der Waals surface area contributed by atoms with Crippen molar-refractivity contribution in [2.24, 2.45) is 0 Å². The lowest BCUT2D eigenvalue weighted by Crippen LogP contribution is -2.50. The lowest BCUT2D eigenvalue weighted by Gasteiger charge is -2.31. The fraction of sp³-hybridized carbons (Fsp3) is 0.462. The zero-order valence-electron chi connectivity index (χ0n) is 18.8. The van der Waals surface area contributed by atoms with Gasteiger partial charge in [0.1, 0.15) is 6.04 Å². The quantitative estimate of drug-likeness (QED) is 0.565. The van der Waals surface area contributed by atoms with Crippen molar-refractivity contribution in [2.45, 2.75) is 77.9 Å². The highest BCUT2D eigenvalue weighted by molar-refractivity contribution is 9.10. The maximum absolute atomic E-state index is 13.4. The fourth-order valence-corrected chi connectivity index (χ4v) is 4.62. The number of rotatable bonds is 7. The summed E-state index contributed by atoms with van der Waals surface area (Å²) in [6.45, 7) is 6.37. The Hall–Kier alpha value is -2.14. The van der Waals surface area contributed by atoms with E-state index in [2.05, 4.69) is 47.2 Å². The van der Waals surface area contributed by atoms with Gasteiger partial charge in [0.2, 0.25) is 11.8 Å². The van der Waals surface area contributed by atoms with Crippen LogP contribution < -0.4 is 5.32 Å². The van der Waals surface area contributed by atoms with Crippen LogP contribution >= 0.6 is 15.9 Å². The van der Waals surface area contributed by atoms with Crippen molar-refractivity contribution < 1.29 is 9.59 Å². The van der Waals surface area contributed by atoms with E-state index in [9.17, 15) is 9.59 Å².